The molecule has 0 saturated carbocycles. The minimum absolute atomic E-state index is 0.0949. The third-order valence-electron chi connectivity index (χ3n) is 2.28. The summed E-state index contributed by atoms with van der Waals surface area (Å²) in [6.07, 6.45) is 1.42. The summed E-state index contributed by atoms with van der Waals surface area (Å²) in [5.41, 5.74) is 6.75. The molecule has 0 atom stereocenters. The first kappa shape index (κ1) is 11.6. The van der Waals surface area contributed by atoms with Gasteiger partial charge in [-0.05, 0) is 29.8 Å². The Bertz CT molecular complexity index is 547. The summed E-state index contributed by atoms with van der Waals surface area (Å²) >= 11 is 5.70. The minimum atomic E-state index is -0.326. The van der Waals surface area contributed by atoms with Crippen LogP contribution in [0.1, 0.15) is 0 Å². The van der Waals surface area contributed by atoms with Gasteiger partial charge in [0.1, 0.15) is 5.82 Å². The molecule has 2 rings (SSSR count). The lowest BCUT2D eigenvalue weighted by atomic mass is 10.3. The first-order valence-electron chi connectivity index (χ1n) is 4.85. The quantitative estimate of drug-likeness (QED) is 0.835. The van der Waals surface area contributed by atoms with Crippen molar-refractivity contribution in [3.05, 3.63) is 41.6 Å². The fourth-order valence-corrected chi connectivity index (χ4v) is 1.57. The van der Waals surface area contributed by atoms with Crippen molar-refractivity contribution in [2.45, 2.75) is 0 Å². The van der Waals surface area contributed by atoms with Gasteiger partial charge in [0.25, 0.3) is 0 Å². The second-order valence-electron chi connectivity index (χ2n) is 3.46. The van der Waals surface area contributed by atoms with E-state index in [0.717, 1.165) is 0 Å². The Kier molecular flexibility index (Phi) is 3.10. The first-order valence-corrected chi connectivity index (χ1v) is 5.23. The molecule has 0 saturated heterocycles. The van der Waals surface area contributed by atoms with E-state index in [1.165, 1.54) is 18.3 Å². The molecule has 2 aromatic rings. The van der Waals surface area contributed by atoms with E-state index in [4.69, 9.17) is 17.3 Å². The second kappa shape index (κ2) is 4.55. The zero-order chi connectivity index (χ0) is 12.4. The summed E-state index contributed by atoms with van der Waals surface area (Å²) in [6.45, 7) is 0. The van der Waals surface area contributed by atoms with E-state index in [2.05, 4.69) is 9.97 Å². The van der Waals surface area contributed by atoms with E-state index in [1.807, 2.05) is 0 Å². The van der Waals surface area contributed by atoms with Gasteiger partial charge in [0.2, 0.25) is 5.28 Å². The Morgan fingerprint density at radius 2 is 2.18 bits per heavy atom. The van der Waals surface area contributed by atoms with Crippen LogP contribution in [0.5, 0.6) is 0 Å². The number of nitrogens with two attached hydrogens (primary N) is 1. The van der Waals surface area contributed by atoms with E-state index in [1.54, 1.807) is 24.1 Å². The van der Waals surface area contributed by atoms with Crippen molar-refractivity contribution >= 4 is 28.8 Å². The van der Waals surface area contributed by atoms with Gasteiger partial charge in [0, 0.05) is 12.7 Å². The number of nitrogens with zero attached hydrogens (tertiary/aromatic N) is 3. The van der Waals surface area contributed by atoms with Crippen LogP contribution in [-0.4, -0.2) is 17.0 Å². The molecule has 17 heavy (non-hydrogen) atoms. The number of anilines is 3. The van der Waals surface area contributed by atoms with Gasteiger partial charge in [0.05, 0.1) is 11.9 Å². The van der Waals surface area contributed by atoms with Gasteiger partial charge in [-0.25, -0.2) is 9.37 Å². The zero-order valence-corrected chi connectivity index (χ0v) is 9.82. The van der Waals surface area contributed by atoms with Gasteiger partial charge < -0.3 is 10.6 Å². The van der Waals surface area contributed by atoms with Crippen LogP contribution in [0.2, 0.25) is 5.28 Å². The lowest BCUT2D eigenvalue weighted by Crippen LogP contribution is -2.14. The Labute approximate surface area is 103 Å². The number of nitrogen functional groups attached to an aromatic ring is 1. The molecule has 0 bridgehead atoms. The van der Waals surface area contributed by atoms with Gasteiger partial charge >= 0.3 is 0 Å². The van der Waals surface area contributed by atoms with Crippen molar-refractivity contribution in [2.24, 2.45) is 0 Å². The number of hydrogen-bond donors (Lipinski definition) is 1. The van der Waals surface area contributed by atoms with Crippen molar-refractivity contribution in [3.8, 4) is 0 Å². The highest BCUT2D eigenvalue weighted by Crippen LogP contribution is 2.27. The molecule has 1 heterocycles. The number of aromatic nitrogens is 2. The second-order valence-corrected chi connectivity index (χ2v) is 3.79. The highest BCUT2D eigenvalue weighted by molar-refractivity contribution is 6.28. The average Bonchev–Trinajstić information content (AvgIpc) is 2.31. The molecule has 2 N–H and O–H groups in total. The monoisotopic (exact) mass is 252 g/mol. The summed E-state index contributed by atoms with van der Waals surface area (Å²) in [7, 11) is 1.73. The summed E-state index contributed by atoms with van der Waals surface area (Å²) in [5, 5.41) is 0.0949. The van der Waals surface area contributed by atoms with Gasteiger partial charge in [-0.3, -0.25) is 0 Å². The third kappa shape index (κ3) is 2.45. The Morgan fingerprint density at radius 1 is 1.41 bits per heavy atom. The van der Waals surface area contributed by atoms with Gasteiger partial charge in [-0.2, -0.15) is 4.98 Å². The maximum absolute atomic E-state index is 13.1. The van der Waals surface area contributed by atoms with Crippen molar-refractivity contribution in [2.75, 3.05) is 17.7 Å². The van der Waals surface area contributed by atoms with Crippen LogP contribution in [0, 0.1) is 5.82 Å². The van der Waals surface area contributed by atoms with Crippen LogP contribution in [0.3, 0.4) is 0 Å². The summed E-state index contributed by atoms with van der Waals surface area (Å²) in [5.74, 6) is 0.115. The number of hydrogen-bond acceptors (Lipinski definition) is 4. The fraction of sp³-hybridized carbons (Fsp3) is 0.0909. The van der Waals surface area contributed by atoms with Gasteiger partial charge in [-0.15, -0.1) is 0 Å². The molecular formula is C11H10ClFN4. The lowest BCUT2D eigenvalue weighted by Gasteiger charge is -2.19. The Morgan fingerprint density at radius 3 is 2.88 bits per heavy atom. The summed E-state index contributed by atoms with van der Waals surface area (Å²) in [4.78, 5) is 9.42. The van der Waals surface area contributed by atoms with Gasteiger partial charge in [0.15, 0.2) is 5.82 Å². The number of halogens is 2. The molecule has 1 aromatic heterocycles. The van der Waals surface area contributed by atoms with Gasteiger partial charge in [-0.1, -0.05) is 6.07 Å². The van der Waals surface area contributed by atoms with Crippen LogP contribution in [0.25, 0.3) is 0 Å². The van der Waals surface area contributed by atoms with Crippen LogP contribution < -0.4 is 10.6 Å². The largest absolute Gasteiger partial charge is 0.394 e. The molecule has 6 heteroatoms. The van der Waals surface area contributed by atoms with E-state index in [0.29, 0.717) is 17.2 Å². The van der Waals surface area contributed by atoms with Crippen LogP contribution in [0.4, 0.5) is 21.6 Å². The predicted octanol–water partition coefficient (Wildman–Crippen LogP) is 2.62. The molecule has 1 aromatic carbocycles. The van der Waals surface area contributed by atoms with Crippen molar-refractivity contribution in [1.29, 1.82) is 0 Å². The van der Waals surface area contributed by atoms with Crippen molar-refractivity contribution in [3.63, 3.8) is 0 Å². The number of rotatable bonds is 2. The first-order chi connectivity index (χ1) is 8.08. The topological polar surface area (TPSA) is 55.0 Å². The summed E-state index contributed by atoms with van der Waals surface area (Å²) < 4.78 is 13.1. The molecule has 0 aliphatic rings. The molecule has 4 nitrogen and oxygen atoms in total. The molecule has 0 fully saturated rings. The van der Waals surface area contributed by atoms with Crippen LogP contribution in [-0.2, 0) is 0 Å². The maximum Gasteiger partial charge on any atom is 0.224 e. The highest BCUT2D eigenvalue weighted by atomic mass is 35.5. The molecule has 88 valence electrons. The Balaban J connectivity index is 2.43. The molecular weight excluding hydrogens is 243 g/mol. The molecule has 0 unspecified atom stereocenters. The van der Waals surface area contributed by atoms with E-state index >= 15 is 0 Å². The standard InChI is InChI=1S/C11H10ClFN4/c1-17(8-4-2-3-7(13)5-8)10-9(14)6-15-11(12)16-10/h2-6H,14H2,1H3. The molecule has 0 spiro atoms. The predicted molar refractivity (Wildman–Crippen MR) is 65.9 cm³/mol. The highest BCUT2D eigenvalue weighted by Gasteiger charge is 2.11. The van der Waals surface area contributed by atoms with E-state index in [-0.39, 0.29) is 11.1 Å². The zero-order valence-electron chi connectivity index (χ0n) is 9.06. The van der Waals surface area contributed by atoms with E-state index in [9.17, 15) is 4.39 Å². The fourth-order valence-electron chi connectivity index (χ4n) is 1.44. The van der Waals surface area contributed by atoms with Crippen LogP contribution in [0.15, 0.2) is 30.5 Å². The normalized spacial score (nSPS) is 10.3. The van der Waals surface area contributed by atoms with E-state index < -0.39 is 0 Å². The summed E-state index contributed by atoms with van der Waals surface area (Å²) in [6, 6.07) is 6.11. The third-order valence-corrected chi connectivity index (χ3v) is 2.46. The maximum atomic E-state index is 13.1. The van der Waals surface area contributed by atoms with Crippen molar-refractivity contribution in [1.82, 2.24) is 9.97 Å². The smallest absolute Gasteiger partial charge is 0.224 e. The SMILES string of the molecule is CN(c1cccc(F)c1)c1nc(Cl)ncc1N. The molecule has 0 aliphatic heterocycles. The minimum Gasteiger partial charge on any atom is -0.394 e. The molecule has 0 aliphatic carbocycles. The van der Waals surface area contributed by atoms with Crippen molar-refractivity contribution < 1.29 is 4.39 Å². The Hall–Kier alpha value is -1.88. The van der Waals surface area contributed by atoms with Crippen LogP contribution >= 0.6 is 11.6 Å². The number of benzene rings is 1. The molecule has 0 amide bonds. The average molecular weight is 253 g/mol. The molecule has 0 radical (unpaired) electrons. The lowest BCUT2D eigenvalue weighted by molar-refractivity contribution is 0.628.